The smallest absolute Gasteiger partial charge is 0.308 e. The first-order valence-electron chi connectivity index (χ1n) is 10.3. The summed E-state index contributed by atoms with van der Waals surface area (Å²) in [5.74, 6) is -1.46. The molecule has 1 saturated carbocycles. The maximum absolute atomic E-state index is 14.6. The van der Waals surface area contributed by atoms with Crippen molar-refractivity contribution in [3.8, 4) is 5.69 Å². The van der Waals surface area contributed by atoms with Crippen LogP contribution >= 0.6 is 0 Å². The number of likely N-dealkylation sites (tertiary alicyclic amines) is 1. The van der Waals surface area contributed by atoms with Gasteiger partial charge in [0.25, 0.3) is 5.91 Å². The number of rotatable bonds is 4. The third kappa shape index (κ3) is 2.94. The van der Waals surface area contributed by atoms with Crippen molar-refractivity contribution in [2.45, 2.75) is 39.0 Å². The summed E-state index contributed by atoms with van der Waals surface area (Å²) in [4.78, 5) is 26.7. The minimum atomic E-state index is -0.824. The van der Waals surface area contributed by atoms with Crippen LogP contribution in [0.4, 0.5) is 4.39 Å². The lowest BCUT2D eigenvalue weighted by Crippen LogP contribution is -2.31. The molecule has 0 radical (unpaired) electrons. The predicted molar refractivity (Wildman–Crippen MR) is 104 cm³/mol. The third-order valence-electron chi connectivity index (χ3n) is 6.73. The highest BCUT2D eigenvalue weighted by molar-refractivity contribution is 5.95. The number of halogens is 1. The van der Waals surface area contributed by atoms with E-state index in [4.69, 9.17) is 0 Å². The van der Waals surface area contributed by atoms with Crippen LogP contribution in [-0.2, 0) is 17.6 Å². The number of hydrogen-bond acceptors (Lipinski definition) is 3. The lowest BCUT2D eigenvalue weighted by Gasteiger charge is -2.15. The molecule has 2 aromatic rings. The zero-order valence-electron chi connectivity index (χ0n) is 16.4. The van der Waals surface area contributed by atoms with Crippen molar-refractivity contribution in [2.24, 2.45) is 17.8 Å². The fourth-order valence-corrected chi connectivity index (χ4v) is 5.09. The van der Waals surface area contributed by atoms with Crippen molar-refractivity contribution in [3.05, 3.63) is 46.5 Å². The predicted octanol–water partition coefficient (Wildman–Crippen LogP) is 2.99. The van der Waals surface area contributed by atoms with E-state index >= 15 is 0 Å². The number of fused-ring (bicyclic) bond motifs is 1. The molecule has 2 fully saturated rings. The van der Waals surface area contributed by atoms with Gasteiger partial charge in [-0.2, -0.15) is 5.10 Å². The molecule has 29 heavy (non-hydrogen) atoms. The molecular formula is C22H24FN3O3. The molecule has 1 aromatic heterocycles. The summed E-state index contributed by atoms with van der Waals surface area (Å²) in [6.45, 7) is 2.54. The fraction of sp³-hybridized carbons (Fsp3) is 0.500. The first kappa shape index (κ1) is 18.3. The standard InChI is InChI=1S/C22H24FN3O3/c1-12-4-2-6-17(23)20(12)26-18-7-3-5-14(18)19(24-26)21(27)25-10-15(13-8-9-13)16(11-25)22(28)29/h2,4,6,13,15-16H,3,5,7-11H2,1H3,(H,28,29)/t15-,16+/m1/s1. The van der Waals surface area contributed by atoms with E-state index in [1.165, 1.54) is 6.07 Å². The monoisotopic (exact) mass is 397 g/mol. The number of carboxylic acid groups (broad SMARTS) is 1. The van der Waals surface area contributed by atoms with Crippen molar-refractivity contribution >= 4 is 11.9 Å². The quantitative estimate of drug-likeness (QED) is 0.861. The topological polar surface area (TPSA) is 75.4 Å². The van der Waals surface area contributed by atoms with Gasteiger partial charge < -0.3 is 10.0 Å². The number of aromatic nitrogens is 2. The van der Waals surface area contributed by atoms with Gasteiger partial charge in [0.15, 0.2) is 5.69 Å². The lowest BCUT2D eigenvalue weighted by atomic mass is 9.92. The van der Waals surface area contributed by atoms with Crippen LogP contribution < -0.4 is 0 Å². The van der Waals surface area contributed by atoms with E-state index in [0.717, 1.165) is 48.9 Å². The van der Waals surface area contributed by atoms with E-state index in [9.17, 15) is 19.1 Å². The number of hydrogen-bond donors (Lipinski definition) is 1. The largest absolute Gasteiger partial charge is 0.481 e. The van der Waals surface area contributed by atoms with Gasteiger partial charge in [0.2, 0.25) is 0 Å². The summed E-state index contributed by atoms with van der Waals surface area (Å²) in [7, 11) is 0. The summed E-state index contributed by atoms with van der Waals surface area (Å²) in [6.07, 6.45) is 4.50. The summed E-state index contributed by atoms with van der Waals surface area (Å²) in [5, 5.41) is 14.2. The minimum absolute atomic E-state index is 0.0281. The van der Waals surface area contributed by atoms with Crippen LogP contribution in [0.3, 0.4) is 0 Å². The molecule has 0 bridgehead atoms. The van der Waals surface area contributed by atoms with Crippen molar-refractivity contribution in [1.82, 2.24) is 14.7 Å². The number of para-hydroxylation sites is 1. The Balaban J connectivity index is 1.51. The van der Waals surface area contributed by atoms with Crippen LogP contribution in [0, 0.1) is 30.5 Å². The molecule has 3 aliphatic rings. The third-order valence-corrected chi connectivity index (χ3v) is 6.73. The maximum atomic E-state index is 14.6. The molecule has 1 aliphatic heterocycles. The van der Waals surface area contributed by atoms with Gasteiger partial charge in [-0.25, -0.2) is 9.07 Å². The van der Waals surface area contributed by atoms with E-state index in [1.54, 1.807) is 15.6 Å². The average Bonchev–Trinajstić information content (AvgIpc) is 3.12. The van der Waals surface area contributed by atoms with Gasteiger partial charge in [-0.05, 0) is 62.5 Å². The summed E-state index contributed by atoms with van der Waals surface area (Å²) >= 11 is 0. The summed E-state index contributed by atoms with van der Waals surface area (Å²) in [6, 6.07) is 4.91. The second kappa shape index (κ2) is 6.68. The molecule has 1 N–H and O–H groups in total. The van der Waals surface area contributed by atoms with Gasteiger partial charge in [0.05, 0.1) is 5.92 Å². The molecule has 152 valence electrons. The first-order chi connectivity index (χ1) is 14.0. The Morgan fingerprint density at radius 2 is 2.00 bits per heavy atom. The Kier molecular flexibility index (Phi) is 4.22. The van der Waals surface area contributed by atoms with Crippen molar-refractivity contribution in [1.29, 1.82) is 0 Å². The van der Waals surface area contributed by atoms with Crippen LogP contribution in [0.1, 0.15) is 46.6 Å². The number of nitrogens with zero attached hydrogens (tertiary/aromatic N) is 3. The Hall–Kier alpha value is -2.70. The molecule has 1 aromatic carbocycles. The van der Waals surface area contributed by atoms with E-state index in [2.05, 4.69) is 5.10 Å². The SMILES string of the molecule is Cc1cccc(F)c1-n1nc(C(=O)N2C[C@H](C(=O)O)[C@@H](C3CC3)C2)c2c1CCC2. The van der Waals surface area contributed by atoms with Crippen molar-refractivity contribution in [2.75, 3.05) is 13.1 Å². The minimum Gasteiger partial charge on any atom is -0.481 e. The number of amides is 1. The zero-order valence-corrected chi connectivity index (χ0v) is 16.4. The van der Waals surface area contributed by atoms with Crippen LogP contribution in [0.25, 0.3) is 5.69 Å². The van der Waals surface area contributed by atoms with Gasteiger partial charge in [0.1, 0.15) is 11.5 Å². The lowest BCUT2D eigenvalue weighted by molar-refractivity contribution is -0.142. The maximum Gasteiger partial charge on any atom is 0.308 e. The summed E-state index contributed by atoms with van der Waals surface area (Å²) < 4.78 is 16.2. The fourth-order valence-electron chi connectivity index (χ4n) is 5.09. The van der Waals surface area contributed by atoms with E-state index in [1.807, 2.05) is 13.0 Å². The van der Waals surface area contributed by atoms with E-state index < -0.39 is 11.9 Å². The highest BCUT2D eigenvalue weighted by Crippen LogP contribution is 2.44. The molecule has 7 heteroatoms. The molecule has 1 saturated heterocycles. The Bertz CT molecular complexity index is 991. The van der Waals surface area contributed by atoms with Gasteiger partial charge in [-0.1, -0.05) is 12.1 Å². The Morgan fingerprint density at radius 3 is 2.69 bits per heavy atom. The second-order valence-corrected chi connectivity index (χ2v) is 8.60. The Morgan fingerprint density at radius 1 is 1.21 bits per heavy atom. The number of aliphatic carboxylic acids is 1. The van der Waals surface area contributed by atoms with Gasteiger partial charge in [-0.15, -0.1) is 0 Å². The second-order valence-electron chi connectivity index (χ2n) is 8.60. The number of carbonyl (C=O) groups is 2. The van der Waals surface area contributed by atoms with Crippen molar-refractivity contribution < 1.29 is 19.1 Å². The van der Waals surface area contributed by atoms with E-state index in [-0.39, 0.29) is 24.2 Å². The number of aryl methyl sites for hydroxylation is 1. The van der Waals surface area contributed by atoms with Crippen LogP contribution in [0.5, 0.6) is 0 Å². The molecule has 2 atom stereocenters. The van der Waals surface area contributed by atoms with Crippen molar-refractivity contribution in [3.63, 3.8) is 0 Å². The molecule has 1 amide bonds. The van der Waals surface area contributed by atoms with Crippen LogP contribution in [0.15, 0.2) is 18.2 Å². The molecule has 2 heterocycles. The average molecular weight is 397 g/mol. The normalized spacial score (nSPS) is 23.4. The number of carbonyl (C=O) groups excluding carboxylic acids is 1. The summed E-state index contributed by atoms with van der Waals surface area (Å²) in [5.41, 5.74) is 3.31. The van der Waals surface area contributed by atoms with E-state index in [0.29, 0.717) is 23.8 Å². The molecule has 0 spiro atoms. The number of benzene rings is 1. The van der Waals surface area contributed by atoms with Crippen LogP contribution in [0.2, 0.25) is 0 Å². The molecule has 0 unspecified atom stereocenters. The molecule has 2 aliphatic carbocycles. The highest BCUT2D eigenvalue weighted by atomic mass is 19.1. The molecule has 6 nitrogen and oxygen atoms in total. The van der Waals surface area contributed by atoms with Gasteiger partial charge in [0, 0.05) is 24.3 Å². The molecular weight excluding hydrogens is 373 g/mol. The van der Waals surface area contributed by atoms with Gasteiger partial charge in [-0.3, -0.25) is 9.59 Å². The Labute approximate surface area is 168 Å². The number of carboxylic acids is 1. The highest BCUT2D eigenvalue weighted by Gasteiger charge is 2.47. The molecule has 5 rings (SSSR count). The van der Waals surface area contributed by atoms with Crippen LogP contribution in [-0.4, -0.2) is 44.8 Å². The van der Waals surface area contributed by atoms with Gasteiger partial charge >= 0.3 is 5.97 Å². The zero-order chi connectivity index (χ0) is 20.3. The first-order valence-corrected chi connectivity index (χ1v) is 10.3.